The summed E-state index contributed by atoms with van der Waals surface area (Å²) >= 11 is 0. The molecule has 2 fully saturated rings. The van der Waals surface area contributed by atoms with Gasteiger partial charge in [0.15, 0.2) is 0 Å². The molecule has 2 aliphatic heterocycles. The van der Waals surface area contributed by atoms with Crippen molar-refractivity contribution in [1.29, 1.82) is 0 Å². The van der Waals surface area contributed by atoms with E-state index in [0.717, 1.165) is 32.8 Å². The Labute approximate surface area is 96.0 Å². The Bertz CT molecular complexity index is 345. The summed E-state index contributed by atoms with van der Waals surface area (Å²) in [6.45, 7) is 4.97. The monoisotopic (exact) mass is 221 g/mol. The van der Waals surface area contributed by atoms with Crippen LogP contribution in [0.3, 0.4) is 0 Å². The van der Waals surface area contributed by atoms with Gasteiger partial charge in [-0.1, -0.05) is 0 Å². The maximum absolute atomic E-state index is 5.50. The zero-order valence-electron chi connectivity index (χ0n) is 9.70. The van der Waals surface area contributed by atoms with Crippen molar-refractivity contribution in [1.82, 2.24) is 15.2 Å². The highest BCUT2D eigenvalue weighted by Crippen LogP contribution is 2.38. The highest BCUT2D eigenvalue weighted by Gasteiger charge is 2.49. The molecule has 4 nitrogen and oxygen atoms in total. The molecule has 2 saturated heterocycles. The summed E-state index contributed by atoms with van der Waals surface area (Å²) in [5, 5.41) is 3.49. The largest absolute Gasteiger partial charge is 0.379 e. The van der Waals surface area contributed by atoms with Crippen LogP contribution in [0.1, 0.15) is 5.56 Å². The number of piperazine rings is 1. The first kappa shape index (κ1) is 10.3. The van der Waals surface area contributed by atoms with Crippen LogP contribution in [0.5, 0.6) is 0 Å². The summed E-state index contributed by atoms with van der Waals surface area (Å²) in [6.07, 6.45) is 4.12. The molecule has 1 aromatic rings. The van der Waals surface area contributed by atoms with Gasteiger partial charge in [-0.3, -0.25) is 4.90 Å². The van der Waals surface area contributed by atoms with Crippen molar-refractivity contribution in [2.45, 2.75) is 11.5 Å². The lowest BCUT2D eigenvalue weighted by Crippen LogP contribution is -2.66. The number of nitrogens with zero attached hydrogens (tertiary/aromatic N) is 1. The van der Waals surface area contributed by atoms with Crippen LogP contribution in [0.2, 0.25) is 0 Å². The number of aromatic nitrogens is 1. The average molecular weight is 221 g/mol. The number of ether oxygens (including phenoxy) is 1. The Morgan fingerprint density at radius 2 is 2.38 bits per heavy atom. The number of hydrogen-bond donors (Lipinski definition) is 2. The molecule has 1 aromatic heterocycles. The number of nitrogens with one attached hydrogen (secondary N) is 2. The lowest BCUT2D eigenvalue weighted by atomic mass is 9.72. The normalized spacial score (nSPS) is 29.9. The highest BCUT2D eigenvalue weighted by atomic mass is 16.5. The third kappa shape index (κ3) is 1.41. The van der Waals surface area contributed by atoms with Gasteiger partial charge in [-0.25, -0.2) is 0 Å². The van der Waals surface area contributed by atoms with E-state index in [-0.39, 0.29) is 5.41 Å². The van der Waals surface area contributed by atoms with E-state index < -0.39 is 0 Å². The molecule has 0 amide bonds. The van der Waals surface area contributed by atoms with Crippen LogP contribution in [-0.4, -0.2) is 55.8 Å². The summed E-state index contributed by atoms with van der Waals surface area (Å²) in [4.78, 5) is 5.63. The van der Waals surface area contributed by atoms with E-state index in [2.05, 4.69) is 34.5 Å². The van der Waals surface area contributed by atoms with Crippen molar-refractivity contribution in [2.75, 3.05) is 39.9 Å². The van der Waals surface area contributed by atoms with Crippen molar-refractivity contribution >= 4 is 0 Å². The zero-order chi connectivity index (χ0) is 11.0. The Kier molecular flexibility index (Phi) is 2.50. The van der Waals surface area contributed by atoms with E-state index in [4.69, 9.17) is 4.74 Å². The van der Waals surface area contributed by atoms with Gasteiger partial charge in [0.25, 0.3) is 0 Å². The van der Waals surface area contributed by atoms with Crippen molar-refractivity contribution in [3.63, 3.8) is 0 Å². The molecule has 0 aliphatic carbocycles. The second-order valence-electron chi connectivity index (χ2n) is 4.95. The van der Waals surface area contributed by atoms with Gasteiger partial charge in [0, 0.05) is 38.1 Å². The predicted molar refractivity (Wildman–Crippen MR) is 62.6 cm³/mol. The Balaban J connectivity index is 1.89. The third-order valence-electron chi connectivity index (χ3n) is 4.04. The molecular formula is C12H19N3O. The number of rotatable bonds is 2. The van der Waals surface area contributed by atoms with Crippen LogP contribution in [0.4, 0.5) is 0 Å². The lowest BCUT2D eigenvalue weighted by molar-refractivity contribution is -0.103. The minimum atomic E-state index is 0.197. The van der Waals surface area contributed by atoms with Gasteiger partial charge < -0.3 is 15.0 Å². The van der Waals surface area contributed by atoms with E-state index in [1.54, 1.807) is 0 Å². The number of aromatic amines is 1. The average Bonchev–Trinajstić information content (AvgIpc) is 2.73. The van der Waals surface area contributed by atoms with Gasteiger partial charge in [-0.15, -0.1) is 0 Å². The van der Waals surface area contributed by atoms with Gasteiger partial charge in [0.1, 0.15) is 0 Å². The van der Waals surface area contributed by atoms with Gasteiger partial charge in [0.05, 0.1) is 18.6 Å². The quantitative estimate of drug-likeness (QED) is 0.749. The molecular weight excluding hydrogens is 202 g/mol. The van der Waals surface area contributed by atoms with E-state index in [1.807, 2.05) is 6.20 Å². The first-order chi connectivity index (χ1) is 7.83. The molecule has 2 N–H and O–H groups in total. The van der Waals surface area contributed by atoms with Crippen LogP contribution >= 0.6 is 0 Å². The summed E-state index contributed by atoms with van der Waals surface area (Å²) in [5.41, 5.74) is 1.58. The standard InChI is InChI=1S/C12H19N3O/c1-15-5-4-14-7-11(15)12(8-16-9-12)10-2-3-13-6-10/h2-3,6,11,13-14H,4-5,7-9H2,1H3. The maximum Gasteiger partial charge on any atom is 0.0602 e. The second kappa shape index (κ2) is 3.87. The minimum absolute atomic E-state index is 0.197. The maximum atomic E-state index is 5.50. The predicted octanol–water partition coefficient (Wildman–Crippen LogP) is 0.186. The fourth-order valence-electron chi connectivity index (χ4n) is 2.93. The molecule has 88 valence electrons. The van der Waals surface area contributed by atoms with Crippen molar-refractivity contribution in [2.24, 2.45) is 0 Å². The Hall–Kier alpha value is -0.840. The SMILES string of the molecule is CN1CCNCC1C1(c2cc[nH]c2)COC1. The first-order valence-electron chi connectivity index (χ1n) is 5.95. The number of hydrogen-bond acceptors (Lipinski definition) is 3. The molecule has 4 heteroatoms. The fourth-order valence-corrected chi connectivity index (χ4v) is 2.93. The van der Waals surface area contributed by atoms with Crippen molar-refractivity contribution in [3.05, 3.63) is 24.0 Å². The van der Waals surface area contributed by atoms with E-state index >= 15 is 0 Å². The molecule has 0 spiro atoms. The van der Waals surface area contributed by atoms with Crippen LogP contribution in [-0.2, 0) is 10.2 Å². The molecule has 2 aliphatic rings. The fraction of sp³-hybridized carbons (Fsp3) is 0.667. The minimum Gasteiger partial charge on any atom is -0.379 e. The Morgan fingerprint density at radius 3 is 2.94 bits per heavy atom. The third-order valence-corrected chi connectivity index (χ3v) is 4.04. The summed E-state index contributed by atoms with van der Waals surface area (Å²) in [7, 11) is 2.22. The molecule has 16 heavy (non-hydrogen) atoms. The molecule has 0 bridgehead atoms. The van der Waals surface area contributed by atoms with Gasteiger partial charge in [-0.2, -0.15) is 0 Å². The second-order valence-corrected chi connectivity index (χ2v) is 4.95. The van der Waals surface area contributed by atoms with Crippen molar-refractivity contribution < 1.29 is 4.74 Å². The van der Waals surface area contributed by atoms with Gasteiger partial charge in [0.2, 0.25) is 0 Å². The number of H-pyrrole nitrogens is 1. The van der Waals surface area contributed by atoms with E-state index in [9.17, 15) is 0 Å². The van der Waals surface area contributed by atoms with Crippen LogP contribution in [0, 0.1) is 0 Å². The van der Waals surface area contributed by atoms with Gasteiger partial charge >= 0.3 is 0 Å². The summed E-state index contributed by atoms with van der Waals surface area (Å²) in [5.74, 6) is 0. The molecule has 0 aromatic carbocycles. The van der Waals surface area contributed by atoms with Crippen LogP contribution < -0.4 is 5.32 Å². The topological polar surface area (TPSA) is 40.3 Å². The number of likely N-dealkylation sites (N-methyl/N-ethyl adjacent to an activating group) is 1. The molecule has 3 heterocycles. The Morgan fingerprint density at radius 1 is 1.50 bits per heavy atom. The van der Waals surface area contributed by atoms with Gasteiger partial charge in [-0.05, 0) is 18.7 Å². The summed E-state index contributed by atoms with van der Waals surface area (Å²) < 4.78 is 5.50. The van der Waals surface area contributed by atoms with Crippen LogP contribution in [0.25, 0.3) is 0 Å². The molecule has 1 atom stereocenters. The smallest absolute Gasteiger partial charge is 0.0602 e. The molecule has 0 radical (unpaired) electrons. The molecule has 1 unspecified atom stereocenters. The van der Waals surface area contributed by atoms with Crippen LogP contribution in [0.15, 0.2) is 18.5 Å². The summed E-state index contributed by atoms with van der Waals surface area (Å²) in [6, 6.07) is 2.73. The van der Waals surface area contributed by atoms with E-state index in [1.165, 1.54) is 5.56 Å². The molecule has 0 saturated carbocycles. The highest BCUT2D eigenvalue weighted by molar-refractivity contribution is 5.29. The first-order valence-corrected chi connectivity index (χ1v) is 5.95. The zero-order valence-corrected chi connectivity index (χ0v) is 9.70. The van der Waals surface area contributed by atoms with E-state index in [0.29, 0.717) is 6.04 Å². The lowest BCUT2D eigenvalue weighted by Gasteiger charge is -2.51. The van der Waals surface area contributed by atoms with Crippen molar-refractivity contribution in [3.8, 4) is 0 Å². The molecule has 3 rings (SSSR count).